The maximum atomic E-state index is 11.7. The number of anilines is 3. The average Bonchev–Trinajstić information content (AvgIpc) is 2.68. The highest BCUT2D eigenvalue weighted by Crippen LogP contribution is 2.34. The van der Waals surface area contributed by atoms with E-state index in [-0.39, 0.29) is 17.3 Å². The van der Waals surface area contributed by atoms with E-state index in [1.807, 2.05) is 60.7 Å². The highest BCUT2D eigenvalue weighted by atomic mass is 16.6. The Morgan fingerprint density at radius 2 is 1.69 bits per heavy atom. The van der Waals surface area contributed by atoms with Gasteiger partial charge in [-0.1, -0.05) is 48.5 Å². The largest absolute Gasteiger partial charge is 0.364 e. The summed E-state index contributed by atoms with van der Waals surface area (Å²) in [4.78, 5) is 21.1. The monoisotopic (exact) mass is 349 g/mol. The lowest BCUT2D eigenvalue weighted by Crippen LogP contribution is -2.16. The Morgan fingerprint density at radius 1 is 1.04 bits per heavy atom. The first kappa shape index (κ1) is 17.3. The predicted octanol–water partition coefficient (Wildman–Crippen LogP) is 3.81. The van der Waals surface area contributed by atoms with Crippen LogP contribution in [0.25, 0.3) is 0 Å². The van der Waals surface area contributed by atoms with Gasteiger partial charge in [0.25, 0.3) is 0 Å². The van der Waals surface area contributed by atoms with Crippen LogP contribution in [0.5, 0.6) is 0 Å². The van der Waals surface area contributed by atoms with Crippen LogP contribution in [-0.2, 0) is 6.42 Å². The van der Waals surface area contributed by atoms with E-state index in [4.69, 9.17) is 0 Å². The van der Waals surface area contributed by atoms with Crippen molar-refractivity contribution in [1.82, 2.24) is 9.97 Å². The van der Waals surface area contributed by atoms with Crippen molar-refractivity contribution in [1.29, 1.82) is 0 Å². The van der Waals surface area contributed by atoms with Gasteiger partial charge in [0.1, 0.15) is 6.33 Å². The van der Waals surface area contributed by atoms with Crippen molar-refractivity contribution < 1.29 is 4.92 Å². The maximum absolute atomic E-state index is 11.7. The summed E-state index contributed by atoms with van der Waals surface area (Å²) in [5, 5.41) is 14.7. The van der Waals surface area contributed by atoms with Gasteiger partial charge in [0.15, 0.2) is 0 Å². The molecule has 0 unspecified atom stereocenters. The van der Waals surface area contributed by atoms with Crippen LogP contribution in [0, 0.1) is 10.1 Å². The van der Waals surface area contributed by atoms with Crippen LogP contribution in [0.1, 0.15) is 5.56 Å². The molecule has 0 fully saturated rings. The molecule has 0 saturated carbocycles. The Hall–Kier alpha value is -3.48. The van der Waals surface area contributed by atoms with Crippen molar-refractivity contribution in [2.45, 2.75) is 6.42 Å². The molecule has 2 aromatic carbocycles. The molecule has 0 spiro atoms. The number of nitro groups is 1. The van der Waals surface area contributed by atoms with Crippen LogP contribution >= 0.6 is 0 Å². The van der Waals surface area contributed by atoms with E-state index in [1.165, 1.54) is 6.33 Å². The molecule has 7 heteroatoms. The van der Waals surface area contributed by atoms with E-state index < -0.39 is 4.92 Å². The molecule has 7 nitrogen and oxygen atoms in total. The summed E-state index contributed by atoms with van der Waals surface area (Å²) >= 11 is 0. The molecular formula is C19H19N5O2. The van der Waals surface area contributed by atoms with Crippen LogP contribution in [0.2, 0.25) is 0 Å². The first-order chi connectivity index (χ1) is 12.7. The molecule has 3 rings (SSSR count). The number of hydrogen-bond donors (Lipinski definition) is 1. The normalized spacial score (nSPS) is 10.3. The SMILES string of the molecule is CN(c1ccccc1)c1ncnc(NCCc2ccccc2)c1[N+](=O)[O-]. The minimum absolute atomic E-state index is 0.132. The molecule has 0 saturated heterocycles. The lowest BCUT2D eigenvalue weighted by molar-refractivity contribution is -0.383. The second-order valence-electron chi connectivity index (χ2n) is 5.71. The summed E-state index contributed by atoms with van der Waals surface area (Å²) in [5.74, 6) is 0.470. The van der Waals surface area contributed by atoms with Crippen LogP contribution in [0.15, 0.2) is 67.0 Å². The third-order valence-corrected chi connectivity index (χ3v) is 4.00. The minimum Gasteiger partial charge on any atom is -0.364 e. The summed E-state index contributed by atoms with van der Waals surface area (Å²) in [6, 6.07) is 19.3. The molecule has 0 atom stereocenters. The van der Waals surface area contributed by atoms with E-state index in [0.717, 1.165) is 17.7 Å². The molecular weight excluding hydrogens is 330 g/mol. The van der Waals surface area contributed by atoms with Gasteiger partial charge in [-0.05, 0) is 24.1 Å². The first-order valence-corrected chi connectivity index (χ1v) is 8.23. The second kappa shape index (κ2) is 8.06. The van der Waals surface area contributed by atoms with Crippen molar-refractivity contribution in [3.05, 3.63) is 82.7 Å². The Labute approximate surface area is 151 Å². The van der Waals surface area contributed by atoms with Crippen molar-refractivity contribution in [3.8, 4) is 0 Å². The third-order valence-electron chi connectivity index (χ3n) is 4.00. The quantitative estimate of drug-likeness (QED) is 0.516. The van der Waals surface area contributed by atoms with Crippen LogP contribution < -0.4 is 10.2 Å². The van der Waals surface area contributed by atoms with Crippen LogP contribution in [-0.4, -0.2) is 28.5 Å². The summed E-state index contributed by atoms with van der Waals surface area (Å²) in [5.41, 5.74) is 1.83. The van der Waals surface area contributed by atoms with E-state index in [9.17, 15) is 10.1 Å². The molecule has 1 N–H and O–H groups in total. The lowest BCUT2D eigenvalue weighted by Gasteiger charge is -2.18. The second-order valence-corrected chi connectivity index (χ2v) is 5.71. The molecule has 0 radical (unpaired) electrons. The highest BCUT2D eigenvalue weighted by Gasteiger charge is 2.25. The van der Waals surface area contributed by atoms with Crippen molar-refractivity contribution in [2.24, 2.45) is 0 Å². The molecule has 0 aliphatic carbocycles. The van der Waals surface area contributed by atoms with E-state index >= 15 is 0 Å². The van der Waals surface area contributed by atoms with Gasteiger partial charge in [-0.3, -0.25) is 10.1 Å². The molecule has 0 bridgehead atoms. The number of hydrogen-bond acceptors (Lipinski definition) is 6. The molecule has 3 aromatic rings. The van der Waals surface area contributed by atoms with E-state index in [2.05, 4.69) is 15.3 Å². The Bertz CT molecular complexity index is 872. The Morgan fingerprint density at radius 3 is 2.35 bits per heavy atom. The van der Waals surface area contributed by atoms with Gasteiger partial charge in [0, 0.05) is 19.3 Å². The summed E-state index contributed by atoms with van der Waals surface area (Å²) in [6.07, 6.45) is 2.08. The first-order valence-electron chi connectivity index (χ1n) is 8.23. The Balaban J connectivity index is 1.83. The Kier molecular flexibility index (Phi) is 5.38. The predicted molar refractivity (Wildman–Crippen MR) is 102 cm³/mol. The fourth-order valence-corrected chi connectivity index (χ4v) is 2.66. The van der Waals surface area contributed by atoms with Gasteiger partial charge in [0.2, 0.25) is 11.6 Å². The fraction of sp³-hybridized carbons (Fsp3) is 0.158. The average molecular weight is 349 g/mol. The number of rotatable bonds is 7. The minimum atomic E-state index is -0.445. The van der Waals surface area contributed by atoms with Gasteiger partial charge in [0.05, 0.1) is 4.92 Å². The zero-order valence-corrected chi connectivity index (χ0v) is 14.4. The molecule has 0 aliphatic rings. The van der Waals surface area contributed by atoms with Gasteiger partial charge >= 0.3 is 5.69 Å². The number of aromatic nitrogens is 2. The fourth-order valence-electron chi connectivity index (χ4n) is 2.66. The summed E-state index contributed by atoms with van der Waals surface area (Å²) in [6.45, 7) is 0.538. The van der Waals surface area contributed by atoms with Gasteiger partial charge in [-0.2, -0.15) is 0 Å². The van der Waals surface area contributed by atoms with Crippen LogP contribution in [0.4, 0.5) is 23.0 Å². The van der Waals surface area contributed by atoms with Gasteiger partial charge < -0.3 is 10.2 Å². The number of benzene rings is 2. The number of nitrogens with one attached hydrogen (secondary N) is 1. The highest BCUT2D eigenvalue weighted by molar-refractivity contribution is 5.75. The van der Waals surface area contributed by atoms with Gasteiger partial charge in [-0.15, -0.1) is 0 Å². The smallest absolute Gasteiger partial charge is 0.353 e. The van der Waals surface area contributed by atoms with Gasteiger partial charge in [-0.25, -0.2) is 9.97 Å². The van der Waals surface area contributed by atoms with Crippen molar-refractivity contribution in [3.63, 3.8) is 0 Å². The zero-order valence-electron chi connectivity index (χ0n) is 14.4. The standard InChI is InChI=1S/C19H19N5O2/c1-23(16-10-6-3-7-11-16)19-17(24(25)26)18(21-14-22-19)20-13-12-15-8-4-2-5-9-15/h2-11,14H,12-13H2,1H3,(H,20,21,22). The van der Waals surface area contributed by atoms with Crippen LogP contribution in [0.3, 0.4) is 0 Å². The molecule has 1 heterocycles. The van der Waals surface area contributed by atoms with Crippen molar-refractivity contribution in [2.75, 3.05) is 23.8 Å². The van der Waals surface area contributed by atoms with Crippen molar-refractivity contribution >= 4 is 23.0 Å². The van der Waals surface area contributed by atoms with E-state index in [1.54, 1.807) is 11.9 Å². The molecule has 0 aliphatic heterocycles. The van der Waals surface area contributed by atoms with E-state index in [0.29, 0.717) is 6.54 Å². The zero-order chi connectivity index (χ0) is 18.4. The summed E-state index contributed by atoms with van der Waals surface area (Å²) < 4.78 is 0. The molecule has 1 aromatic heterocycles. The maximum Gasteiger partial charge on any atom is 0.353 e. The third kappa shape index (κ3) is 3.94. The molecule has 132 valence electrons. The number of nitrogens with zero attached hydrogens (tertiary/aromatic N) is 4. The summed E-state index contributed by atoms with van der Waals surface area (Å²) in [7, 11) is 1.75. The molecule has 26 heavy (non-hydrogen) atoms. The molecule has 0 amide bonds. The topological polar surface area (TPSA) is 84.2 Å². The lowest BCUT2D eigenvalue weighted by atomic mass is 10.1. The number of para-hydroxylation sites is 1.